The second-order valence-corrected chi connectivity index (χ2v) is 8.81. The number of piperidine rings is 1. The maximum atomic E-state index is 12.2. The summed E-state index contributed by atoms with van der Waals surface area (Å²) in [7, 11) is 1.38. The fraction of sp³-hybridized carbons (Fsp3) is 0.545. The molecule has 0 spiro atoms. The minimum absolute atomic E-state index is 0.0566. The Morgan fingerprint density at radius 2 is 2.03 bits per heavy atom. The van der Waals surface area contributed by atoms with E-state index in [4.69, 9.17) is 27.4 Å². The lowest BCUT2D eigenvalue weighted by Crippen LogP contribution is -2.42. The zero-order chi connectivity index (χ0) is 26.0. The molecule has 36 heavy (non-hydrogen) atoms. The number of aromatic nitrogens is 4. The van der Waals surface area contributed by atoms with E-state index in [1.165, 1.54) is 18.0 Å². The predicted octanol–water partition coefficient (Wildman–Crippen LogP) is -1.27. The molecule has 1 amide bonds. The summed E-state index contributed by atoms with van der Waals surface area (Å²) >= 11 is 5.43. The molecule has 4 atom stereocenters. The topological polar surface area (TPSA) is 178 Å². The Kier molecular flexibility index (Phi) is 7.65. The first kappa shape index (κ1) is 25.7. The third-order valence-corrected chi connectivity index (χ3v) is 6.53. The number of rotatable bonds is 4. The number of aliphatic hydroxyl groups excluding tert-OH is 2. The van der Waals surface area contributed by atoms with Crippen LogP contribution in [0.4, 0.5) is 5.82 Å². The number of nitrogens with one attached hydrogen (secondary N) is 1. The van der Waals surface area contributed by atoms with Gasteiger partial charge in [0.1, 0.15) is 17.7 Å². The van der Waals surface area contributed by atoms with Gasteiger partial charge in [-0.2, -0.15) is 0 Å². The number of likely N-dealkylation sites (N-methyl/N-ethyl adjacent to an activating group) is 1. The van der Waals surface area contributed by atoms with Crippen molar-refractivity contribution in [2.75, 3.05) is 32.5 Å². The summed E-state index contributed by atoms with van der Waals surface area (Å²) in [6, 6.07) is 0. The van der Waals surface area contributed by atoms with Crippen LogP contribution in [0.2, 0.25) is 0 Å². The third-order valence-electron chi connectivity index (χ3n) is 6.17. The number of fused-ring (bicyclic) bond motifs is 1. The Hall–Kier alpha value is -3.38. The van der Waals surface area contributed by atoms with E-state index >= 15 is 0 Å². The molecule has 0 aliphatic carbocycles. The first-order chi connectivity index (χ1) is 17.2. The van der Waals surface area contributed by atoms with Crippen molar-refractivity contribution in [1.29, 1.82) is 0 Å². The zero-order valence-electron chi connectivity index (χ0n) is 19.7. The molecule has 1 unspecified atom stereocenters. The minimum Gasteiger partial charge on any atom is -0.469 e. The van der Waals surface area contributed by atoms with Crippen molar-refractivity contribution >= 4 is 46.1 Å². The van der Waals surface area contributed by atoms with E-state index in [0.29, 0.717) is 37.5 Å². The van der Waals surface area contributed by atoms with Crippen LogP contribution in [0.15, 0.2) is 6.33 Å². The molecular formula is C22H27N7O6S. The average molecular weight is 518 g/mol. The van der Waals surface area contributed by atoms with E-state index in [1.54, 1.807) is 6.92 Å². The van der Waals surface area contributed by atoms with Gasteiger partial charge >= 0.3 is 5.97 Å². The number of amides is 1. The number of aliphatic hydroxyl groups is 2. The number of methoxy groups -OCH3 is 1. The molecule has 2 aliphatic heterocycles. The highest BCUT2D eigenvalue weighted by Gasteiger charge is 2.47. The normalized spacial score (nSPS) is 24.3. The number of ether oxygens (including phenoxy) is 2. The summed E-state index contributed by atoms with van der Waals surface area (Å²) in [6.45, 7) is 3.23. The van der Waals surface area contributed by atoms with Gasteiger partial charge in [-0.1, -0.05) is 12.2 Å². The van der Waals surface area contributed by atoms with Crippen molar-refractivity contribution in [3.8, 4) is 11.8 Å². The maximum absolute atomic E-state index is 12.2. The molecule has 13 nitrogen and oxygen atoms in total. The van der Waals surface area contributed by atoms with Crippen LogP contribution >= 0.6 is 12.2 Å². The number of imidazole rings is 1. The molecule has 2 saturated heterocycles. The van der Waals surface area contributed by atoms with Gasteiger partial charge in [-0.25, -0.2) is 15.0 Å². The second-order valence-electron chi connectivity index (χ2n) is 8.42. The SMILES string of the molecule is CCNC(=O)[C@H]1O[C@@H](n2cnc3c(N)nc(C#CC(=S)N4CCC(C(=O)OC)CC4)nc32)[C@@H](O)C1O. The molecule has 0 bridgehead atoms. The van der Waals surface area contributed by atoms with E-state index < -0.39 is 30.4 Å². The van der Waals surface area contributed by atoms with Gasteiger partial charge in [0.2, 0.25) is 5.82 Å². The lowest BCUT2D eigenvalue weighted by molar-refractivity contribution is -0.146. The van der Waals surface area contributed by atoms with Crippen molar-refractivity contribution < 1.29 is 29.3 Å². The van der Waals surface area contributed by atoms with Crippen LogP contribution in [0.25, 0.3) is 11.2 Å². The number of thiocarbonyl (C=S) groups is 1. The second kappa shape index (κ2) is 10.7. The van der Waals surface area contributed by atoms with E-state index in [2.05, 4.69) is 32.1 Å². The highest BCUT2D eigenvalue weighted by atomic mass is 32.1. The summed E-state index contributed by atoms with van der Waals surface area (Å²) in [5.74, 6) is 4.89. The maximum Gasteiger partial charge on any atom is 0.308 e. The average Bonchev–Trinajstić information content (AvgIpc) is 3.43. The molecule has 14 heteroatoms. The summed E-state index contributed by atoms with van der Waals surface area (Å²) in [5, 5.41) is 23.4. The van der Waals surface area contributed by atoms with E-state index in [9.17, 15) is 19.8 Å². The van der Waals surface area contributed by atoms with Gasteiger partial charge in [0.15, 0.2) is 28.8 Å². The zero-order valence-corrected chi connectivity index (χ0v) is 20.6. The highest BCUT2D eigenvalue weighted by molar-refractivity contribution is 7.80. The fourth-order valence-corrected chi connectivity index (χ4v) is 4.47. The van der Waals surface area contributed by atoms with Crippen molar-refractivity contribution in [3.63, 3.8) is 0 Å². The van der Waals surface area contributed by atoms with Crippen LogP contribution < -0.4 is 11.1 Å². The Bertz CT molecular complexity index is 1230. The van der Waals surface area contributed by atoms with Crippen molar-refractivity contribution in [1.82, 2.24) is 29.7 Å². The van der Waals surface area contributed by atoms with Crippen LogP contribution in [-0.2, 0) is 19.1 Å². The number of nitrogens with two attached hydrogens (primary N) is 1. The molecule has 2 aromatic heterocycles. The number of esters is 1. The molecular weight excluding hydrogens is 490 g/mol. The largest absolute Gasteiger partial charge is 0.469 e. The number of carbonyl (C=O) groups is 2. The van der Waals surface area contributed by atoms with Crippen LogP contribution in [0.3, 0.4) is 0 Å². The highest BCUT2D eigenvalue weighted by Crippen LogP contribution is 2.32. The van der Waals surface area contributed by atoms with Gasteiger partial charge in [-0.3, -0.25) is 14.2 Å². The number of nitrogen functional groups attached to an aromatic ring is 1. The van der Waals surface area contributed by atoms with E-state index in [1.807, 2.05) is 4.90 Å². The fourth-order valence-electron chi connectivity index (χ4n) is 4.23. The first-order valence-electron chi connectivity index (χ1n) is 11.4. The molecule has 0 aromatic carbocycles. The van der Waals surface area contributed by atoms with E-state index in [0.717, 1.165) is 0 Å². The molecule has 4 rings (SSSR count). The molecule has 192 valence electrons. The predicted molar refractivity (Wildman–Crippen MR) is 130 cm³/mol. The molecule has 5 N–H and O–H groups in total. The Labute approximate surface area is 212 Å². The lowest BCUT2D eigenvalue weighted by atomic mass is 9.97. The molecule has 0 radical (unpaired) electrons. The van der Waals surface area contributed by atoms with Gasteiger partial charge in [-0.05, 0) is 31.6 Å². The number of hydrogen-bond acceptors (Lipinski definition) is 11. The number of hydrogen-bond donors (Lipinski definition) is 4. The summed E-state index contributed by atoms with van der Waals surface area (Å²) in [6.07, 6.45) is -2.68. The van der Waals surface area contributed by atoms with Gasteiger partial charge in [0.25, 0.3) is 5.91 Å². The molecule has 2 fully saturated rings. The first-order valence-corrected chi connectivity index (χ1v) is 11.8. The molecule has 0 saturated carbocycles. The van der Waals surface area contributed by atoms with Crippen LogP contribution in [-0.4, -0.2) is 96.6 Å². The number of anilines is 1. The standard InChI is InChI=1S/C22H27N7O6S/c1-3-24-20(32)17-15(30)16(31)21(35-17)29-10-25-14-18(23)26-12(27-19(14)29)4-5-13(36)28-8-6-11(7-9-28)22(33)34-2/h10-11,15-17,21,30-31H,3,6-9H2,1-2H3,(H,24,32)(H2,23,26,27)/t15?,16-,17-,21+/m0/s1. The summed E-state index contributed by atoms with van der Waals surface area (Å²) < 4.78 is 11.8. The van der Waals surface area contributed by atoms with Crippen molar-refractivity contribution in [2.45, 2.75) is 44.3 Å². The van der Waals surface area contributed by atoms with Gasteiger partial charge in [-0.15, -0.1) is 0 Å². The Morgan fingerprint density at radius 1 is 1.31 bits per heavy atom. The van der Waals surface area contributed by atoms with Gasteiger partial charge < -0.3 is 35.6 Å². The number of carbonyl (C=O) groups excluding carboxylic acids is 2. The Balaban J connectivity index is 1.53. The minimum atomic E-state index is -1.45. The monoisotopic (exact) mass is 517 g/mol. The van der Waals surface area contributed by atoms with Crippen LogP contribution in [0.5, 0.6) is 0 Å². The molecule has 4 heterocycles. The number of likely N-dealkylation sites (tertiary alicyclic amines) is 1. The summed E-state index contributed by atoms with van der Waals surface area (Å²) in [4.78, 5) is 39.0. The van der Waals surface area contributed by atoms with Gasteiger partial charge in [0, 0.05) is 19.6 Å². The van der Waals surface area contributed by atoms with Crippen LogP contribution in [0.1, 0.15) is 31.8 Å². The quantitative estimate of drug-likeness (QED) is 0.215. The smallest absolute Gasteiger partial charge is 0.308 e. The van der Waals surface area contributed by atoms with Crippen LogP contribution in [0, 0.1) is 17.8 Å². The molecule has 2 aromatic rings. The van der Waals surface area contributed by atoms with Crippen molar-refractivity contribution in [2.24, 2.45) is 5.92 Å². The lowest BCUT2D eigenvalue weighted by Gasteiger charge is -2.30. The van der Waals surface area contributed by atoms with E-state index in [-0.39, 0.29) is 34.7 Å². The van der Waals surface area contributed by atoms with Crippen molar-refractivity contribution in [3.05, 3.63) is 12.2 Å². The van der Waals surface area contributed by atoms with Gasteiger partial charge in [0.05, 0.1) is 19.4 Å². The summed E-state index contributed by atoms with van der Waals surface area (Å²) in [5.41, 5.74) is 6.52. The third kappa shape index (κ3) is 4.96. The Morgan fingerprint density at radius 3 is 2.69 bits per heavy atom. The number of nitrogens with zero attached hydrogens (tertiary/aromatic N) is 5. The molecule has 2 aliphatic rings.